The summed E-state index contributed by atoms with van der Waals surface area (Å²) in [5.74, 6) is 1.54. The Morgan fingerprint density at radius 2 is 2.15 bits per heavy atom. The minimum atomic E-state index is 0.0603. The van der Waals surface area contributed by atoms with Gasteiger partial charge in [0.15, 0.2) is 0 Å². The molecule has 1 fully saturated rings. The van der Waals surface area contributed by atoms with Crippen molar-refractivity contribution < 1.29 is 4.79 Å². The second kappa shape index (κ2) is 6.78. The number of anilines is 1. The molecule has 2 unspecified atom stereocenters. The summed E-state index contributed by atoms with van der Waals surface area (Å²) < 4.78 is 0. The summed E-state index contributed by atoms with van der Waals surface area (Å²) in [7, 11) is 0. The molecular formula is C17H26N2O. The zero-order valence-electron chi connectivity index (χ0n) is 12.8. The van der Waals surface area contributed by atoms with E-state index < -0.39 is 0 Å². The van der Waals surface area contributed by atoms with Gasteiger partial charge < -0.3 is 10.6 Å². The summed E-state index contributed by atoms with van der Waals surface area (Å²) >= 11 is 0. The van der Waals surface area contributed by atoms with Crippen LogP contribution in [0.3, 0.4) is 0 Å². The van der Waals surface area contributed by atoms with Crippen molar-refractivity contribution in [2.75, 3.05) is 18.4 Å². The number of carbonyl (C=O) groups excluding carboxylic acids is 1. The average Bonchev–Trinajstić information content (AvgIpc) is 2.82. The third-order valence-corrected chi connectivity index (χ3v) is 4.21. The standard InChI is InChI=1S/C17H26N2O/c1-4-18-15-7-8-16(13(3)10-15)17(20)19-11-14-6-5-12(2)9-14/h7-8,10,12,14,18H,4-6,9,11H2,1-3H3,(H,19,20). The van der Waals surface area contributed by atoms with Gasteiger partial charge in [-0.15, -0.1) is 0 Å². The highest BCUT2D eigenvalue weighted by Gasteiger charge is 2.21. The lowest BCUT2D eigenvalue weighted by Crippen LogP contribution is -2.29. The van der Waals surface area contributed by atoms with Crippen LogP contribution < -0.4 is 10.6 Å². The van der Waals surface area contributed by atoms with Crippen molar-refractivity contribution in [2.24, 2.45) is 11.8 Å². The van der Waals surface area contributed by atoms with Crippen LogP contribution in [0.15, 0.2) is 18.2 Å². The SMILES string of the molecule is CCNc1ccc(C(=O)NCC2CCC(C)C2)c(C)c1. The molecule has 3 heteroatoms. The van der Waals surface area contributed by atoms with Crippen LogP contribution in [0.4, 0.5) is 5.69 Å². The number of hydrogen-bond acceptors (Lipinski definition) is 2. The van der Waals surface area contributed by atoms with Crippen molar-refractivity contribution in [3.05, 3.63) is 29.3 Å². The molecule has 1 aromatic rings. The molecule has 1 aliphatic carbocycles. The fourth-order valence-corrected chi connectivity index (χ4v) is 3.08. The van der Waals surface area contributed by atoms with E-state index in [-0.39, 0.29) is 5.91 Å². The molecule has 0 saturated heterocycles. The molecule has 1 aromatic carbocycles. The van der Waals surface area contributed by atoms with Gasteiger partial charge in [-0.25, -0.2) is 0 Å². The Morgan fingerprint density at radius 3 is 2.75 bits per heavy atom. The van der Waals surface area contributed by atoms with Crippen LogP contribution in [0.5, 0.6) is 0 Å². The molecule has 0 heterocycles. The number of rotatable bonds is 5. The maximum Gasteiger partial charge on any atom is 0.251 e. The molecule has 2 rings (SSSR count). The molecule has 0 aliphatic heterocycles. The van der Waals surface area contributed by atoms with E-state index in [0.29, 0.717) is 5.92 Å². The molecule has 0 radical (unpaired) electrons. The molecule has 0 aromatic heterocycles. The van der Waals surface area contributed by atoms with E-state index in [9.17, 15) is 4.79 Å². The predicted octanol–water partition coefficient (Wildman–Crippen LogP) is 3.59. The van der Waals surface area contributed by atoms with Crippen molar-refractivity contribution >= 4 is 11.6 Å². The van der Waals surface area contributed by atoms with Gasteiger partial charge in [-0.1, -0.05) is 13.3 Å². The Balaban J connectivity index is 1.92. The van der Waals surface area contributed by atoms with Crippen LogP contribution >= 0.6 is 0 Å². The average molecular weight is 274 g/mol. The monoisotopic (exact) mass is 274 g/mol. The first-order valence-corrected chi connectivity index (χ1v) is 7.72. The minimum absolute atomic E-state index is 0.0603. The van der Waals surface area contributed by atoms with Crippen LogP contribution in [0.1, 0.15) is 49.0 Å². The fourth-order valence-electron chi connectivity index (χ4n) is 3.08. The topological polar surface area (TPSA) is 41.1 Å². The van der Waals surface area contributed by atoms with E-state index >= 15 is 0 Å². The van der Waals surface area contributed by atoms with Crippen LogP contribution in [0.25, 0.3) is 0 Å². The number of aryl methyl sites for hydroxylation is 1. The maximum absolute atomic E-state index is 12.2. The van der Waals surface area contributed by atoms with Crippen molar-refractivity contribution in [1.82, 2.24) is 5.32 Å². The molecule has 1 aliphatic rings. The Hall–Kier alpha value is -1.51. The second-order valence-corrected chi connectivity index (χ2v) is 6.05. The molecule has 3 nitrogen and oxygen atoms in total. The Labute approximate surface area is 122 Å². The van der Waals surface area contributed by atoms with Gasteiger partial charge in [-0.3, -0.25) is 4.79 Å². The van der Waals surface area contributed by atoms with Gasteiger partial charge in [0.25, 0.3) is 5.91 Å². The lowest BCUT2D eigenvalue weighted by Gasteiger charge is -2.13. The largest absolute Gasteiger partial charge is 0.385 e. The number of hydrogen-bond donors (Lipinski definition) is 2. The van der Waals surface area contributed by atoms with E-state index in [2.05, 4.69) is 24.5 Å². The predicted molar refractivity (Wildman–Crippen MR) is 84.2 cm³/mol. The first-order chi connectivity index (χ1) is 9.60. The van der Waals surface area contributed by atoms with E-state index in [0.717, 1.165) is 35.8 Å². The van der Waals surface area contributed by atoms with Crippen LogP contribution in [0, 0.1) is 18.8 Å². The van der Waals surface area contributed by atoms with Gasteiger partial charge in [0.1, 0.15) is 0 Å². The summed E-state index contributed by atoms with van der Waals surface area (Å²) in [5.41, 5.74) is 2.89. The van der Waals surface area contributed by atoms with Crippen molar-refractivity contribution in [3.63, 3.8) is 0 Å². The lowest BCUT2D eigenvalue weighted by atomic mass is 10.0. The quantitative estimate of drug-likeness (QED) is 0.861. The highest BCUT2D eigenvalue weighted by molar-refractivity contribution is 5.96. The molecule has 0 bridgehead atoms. The Bertz CT molecular complexity index is 470. The van der Waals surface area contributed by atoms with Crippen LogP contribution in [-0.4, -0.2) is 19.0 Å². The van der Waals surface area contributed by atoms with Crippen LogP contribution in [-0.2, 0) is 0 Å². The molecule has 20 heavy (non-hydrogen) atoms. The van der Waals surface area contributed by atoms with Crippen LogP contribution in [0.2, 0.25) is 0 Å². The smallest absolute Gasteiger partial charge is 0.251 e. The molecule has 2 atom stereocenters. The van der Waals surface area contributed by atoms with Crippen molar-refractivity contribution in [1.29, 1.82) is 0 Å². The summed E-state index contributed by atoms with van der Waals surface area (Å²) in [6.45, 7) is 8.07. The Morgan fingerprint density at radius 1 is 1.35 bits per heavy atom. The first-order valence-electron chi connectivity index (χ1n) is 7.72. The van der Waals surface area contributed by atoms with Gasteiger partial charge in [0.2, 0.25) is 0 Å². The third-order valence-electron chi connectivity index (χ3n) is 4.21. The van der Waals surface area contributed by atoms with Crippen molar-refractivity contribution in [3.8, 4) is 0 Å². The highest BCUT2D eigenvalue weighted by Crippen LogP contribution is 2.29. The fraction of sp³-hybridized carbons (Fsp3) is 0.588. The van der Waals surface area contributed by atoms with Gasteiger partial charge in [0, 0.05) is 24.3 Å². The van der Waals surface area contributed by atoms with E-state index in [1.165, 1.54) is 19.3 Å². The van der Waals surface area contributed by atoms with Gasteiger partial charge >= 0.3 is 0 Å². The molecule has 1 amide bonds. The number of benzene rings is 1. The summed E-state index contributed by atoms with van der Waals surface area (Å²) in [6, 6.07) is 5.93. The van der Waals surface area contributed by atoms with E-state index in [4.69, 9.17) is 0 Å². The first kappa shape index (κ1) is 14.9. The molecule has 1 saturated carbocycles. The lowest BCUT2D eigenvalue weighted by molar-refractivity contribution is 0.0946. The van der Waals surface area contributed by atoms with Crippen molar-refractivity contribution in [2.45, 2.75) is 40.0 Å². The number of nitrogens with one attached hydrogen (secondary N) is 2. The molecule has 0 spiro atoms. The maximum atomic E-state index is 12.2. The summed E-state index contributed by atoms with van der Waals surface area (Å²) in [5, 5.41) is 6.36. The normalized spacial score (nSPS) is 21.8. The zero-order chi connectivity index (χ0) is 14.5. The molecule has 2 N–H and O–H groups in total. The molecular weight excluding hydrogens is 248 g/mol. The number of carbonyl (C=O) groups is 1. The highest BCUT2D eigenvalue weighted by atomic mass is 16.1. The minimum Gasteiger partial charge on any atom is -0.385 e. The van der Waals surface area contributed by atoms with Gasteiger partial charge in [-0.2, -0.15) is 0 Å². The molecule has 110 valence electrons. The second-order valence-electron chi connectivity index (χ2n) is 6.05. The van der Waals surface area contributed by atoms with Gasteiger partial charge in [0.05, 0.1) is 0 Å². The number of amides is 1. The summed E-state index contributed by atoms with van der Waals surface area (Å²) in [4.78, 5) is 12.2. The zero-order valence-corrected chi connectivity index (χ0v) is 12.8. The van der Waals surface area contributed by atoms with E-state index in [1.54, 1.807) is 0 Å². The summed E-state index contributed by atoms with van der Waals surface area (Å²) in [6.07, 6.45) is 3.80. The van der Waals surface area contributed by atoms with E-state index in [1.807, 2.05) is 25.1 Å². The Kier molecular flexibility index (Phi) is 5.05. The third kappa shape index (κ3) is 3.75. The van der Waals surface area contributed by atoms with Gasteiger partial charge in [-0.05, 0) is 62.3 Å².